The summed E-state index contributed by atoms with van der Waals surface area (Å²) in [6.07, 6.45) is 4.97. The molecule has 1 fully saturated rings. The highest BCUT2D eigenvalue weighted by Crippen LogP contribution is 2.16. The number of methoxy groups -OCH3 is 1. The Morgan fingerprint density at radius 3 is 2.89 bits per heavy atom. The van der Waals surface area contributed by atoms with Gasteiger partial charge in [-0.1, -0.05) is 6.42 Å². The molecule has 1 heterocycles. The number of ether oxygens (including phenoxy) is 1. The van der Waals surface area contributed by atoms with Gasteiger partial charge in [0.1, 0.15) is 0 Å². The van der Waals surface area contributed by atoms with Crippen LogP contribution < -0.4 is 5.32 Å². The highest BCUT2D eigenvalue weighted by molar-refractivity contribution is 5.78. The van der Waals surface area contributed by atoms with Gasteiger partial charge in [-0.15, -0.1) is 0 Å². The zero-order valence-corrected chi connectivity index (χ0v) is 12.4. The largest absolute Gasteiger partial charge is 0.467 e. The van der Waals surface area contributed by atoms with E-state index in [0.717, 1.165) is 19.5 Å². The van der Waals surface area contributed by atoms with Crippen molar-refractivity contribution >= 4 is 5.97 Å². The smallest absolute Gasteiger partial charge is 0.338 e. The summed E-state index contributed by atoms with van der Waals surface area (Å²) in [7, 11) is 1.29. The highest BCUT2D eigenvalue weighted by atomic mass is 16.5. The number of hydrogen-bond donors (Lipinski definition) is 2. The molecule has 1 saturated heterocycles. The van der Waals surface area contributed by atoms with Gasteiger partial charge in [0.05, 0.1) is 7.11 Å². The number of nitrogens with zero attached hydrogens (tertiary/aromatic N) is 1. The first-order valence-corrected chi connectivity index (χ1v) is 7.23. The Hall–Kier alpha value is -0.650. The van der Waals surface area contributed by atoms with Crippen molar-refractivity contribution in [2.45, 2.75) is 51.2 Å². The first-order valence-electron chi connectivity index (χ1n) is 7.23. The van der Waals surface area contributed by atoms with Gasteiger partial charge in [-0.25, -0.2) is 4.79 Å². The SMILES string of the molecule is COC(=O)C(C)(O)CNCCCN1CCCCC1C. The number of hydrogen-bond acceptors (Lipinski definition) is 5. The molecular weight excluding hydrogens is 244 g/mol. The molecule has 2 N–H and O–H groups in total. The summed E-state index contributed by atoms with van der Waals surface area (Å²) in [6.45, 7) is 7.06. The standard InChI is InChI=1S/C14H28N2O3/c1-12-7-4-5-9-16(12)10-6-8-15-11-14(2,18)13(17)19-3/h12,15,18H,4-11H2,1-3H3. The topological polar surface area (TPSA) is 61.8 Å². The molecule has 2 unspecified atom stereocenters. The van der Waals surface area contributed by atoms with Crippen molar-refractivity contribution in [2.24, 2.45) is 0 Å². The molecular formula is C14H28N2O3. The maximum atomic E-state index is 11.3. The predicted molar refractivity (Wildman–Crippen MR) is 75.0 cm³/mol. The average Bonchev–Trinajstić information content (AvgIpc) is 2.39. The van der Waals surface area contributed by atoms with Gasteiger partial charge < -0.3 is 20.1 Å². The lowest BCUT2D eigenvalue weighted by molar-refractivity contribution is -0.159. The second kappa shape index (κ2) is 7.82. The number of carbonyl (C=O) groups is 1. The monoisotopic (exact) mass is 272 g/mol. The molecule has 112 valence electrons. The number of nitrogens with one attached hydrogen (secondary N) is 1. The molecule has 0 aromatic heterocycles. The van der Waals surface area contributed by atoms with Crippen molar-refractivity contribution in [1.29, 1.82) is 0 Å². The molecule has 0 spiro atoms. The molecule has 0 aliphatic carbocycles. The molecule has 1 aliphatic heterocycles. The maximum Gasteiger partial charge on any atom is 0.338 e. The van der Waals surface area contributed by atoms with E-state index in [9.17, 15) is 9.90 Å². The van der Waals surface area contributed by atoms with Gasteiger partial charge in [0.15, 0.2) is 5.60 Å². The van der Waals surface area contributed by atoms with E-state index in [1.165, 1.54) is 39.8 Å². The van der Waals surface area contributed by atoms with Crippen molar-refractivity contribution in [3.63, 3.8) is 0 Å². The quantitative estimate of drug-likeness (QED) is 0.529. The number of carbonyl (C=O) groups excluding carboxylic acids is 1. The molecule has 2 atom stereocenters. The van der Waals surface area contributed by atoms with Crippen LogP contribution in [0.5, 0.6) is 0 Å². The van der Waals surface area contributed by atoms with Crippen LogP contribution in [0, 0.1) is 0 Å². The lowest BCUT2D eigenvalue weighted by Crippen LogP contribution is -2.46. The number of aliphatic hydroxyl groups is 1. The van der Waals surface area contributed by atoms with E-state index < -0.39 is 11.6 Å². The maximum absolute atomic E-state index is 11.3. The van der Waals surface area contributed by atoms with Gasteiger partial charge in [-0.3, -0.25) is 0 Å². The summed E-state index contributed by atoms with van der Waals surface area (Å²) in [6, 6.07) is 0.687. The fraction of sp³-hybridized carbons (Fsp3) is 0.929. The van der Waals surface area contributed by atoms with E-state index in [2.05, 4.69) is 21.9 Å². The van der Waals surface area contributed by atoms with Crippen LogP contribution in [-0.2, 0) is 9.53 Å². The number of esters is 1. The Balaban J connectivity index is 2.12. The second-order valence-corrected chi connectivity index (χ2v) is 5.68. The Labute approximate surface area is 116 Å². The first kappa shape index (κ1) is 16.4. The highest BCUT2D eigenvalue weighted by Gasteiger charge is 2.30. The summed E-state index contributed by atoms with van der Waals surface area (Å²) in [5, 5.41) is 12.9. The Morgan fingerprint density at radius 2 is 2.26 bits per heavy atom. The van der Waals surface area contributed by atoms with Crippen LogP contribution in [0.25, 0.3) is 0 Å². The molecule has 19 heavy (non-hydrogen) atoms. The summed E-state index contributed by atoms with van der Waals surface area (Å²) >= 11 is 0. The Kier molecular flexibility index (Phi) is 6.75. The Bertz CT molecular complexity index is 282. The zero-order chi connectivity index (χ0) is 14.3. The van der Waals surface area contributed by atoms with Gasteiger partial charge in [0, 0.05) is 12.6 Å². The minimum absolute atomic E-state index is 0.231. The summed E-state index contributed by atoms with van der Waals surface area (Å²) in [5.41, 5.74) is -1.44. The number of piperidine rings is 1. The first-order chi connectivity index (χ1) is 8.97. The van der Waals surface area contributed by atoms with Crippen LogP contribution in [-0.4, -0.2) is 60.9 Å². The molecule has 1 aliphatic rings. The molecule has 0 aromatic carbocycles. The molecule has 1 rings (SSSR count). The third-order valence-corrected chi connectivity index (χ3v) is 3.83. The van der Waals surface area contributed by atoms with Crippen molar-refractivity contribution in [3.8, 4) is 0 Å². The predicted octanol–water partition coefficient (Wildman–Crippen LogP) is 0.764. The van der Waals surface area contributed by atoms with Gasteiger partial charge in [-0.05, 0) is 52.7 Å². The molecule has 0 bridgehead atoms. The minimum atomic E-state index is -1.44. The van der Waals surface area contributed by atoms with Crippen molar-refractivity contribution in [3.05, 3.63) is 0 Å². The molecule has 0 saturated carbocycles. The van der Waals surface area contributed by atoms with Crippen molar-refractivity contribution in [2.75, 3.05) is 33.3 Å². The summed E-state index contributed by atoms with van der Waals surface area (Å²) < 4.78 is 4.54. The molecule has 0 amide bonds. The van der Waals surface area contributed by atoms with E-state index in [0.29, 0.717) is 6.04 Å². The number of rotatable bonds is 7. The van der Waals surface area contributed by atoms with E-state index in [1.54, 1.807) is 0 Å². The normalized spacial score (nSPS) is 23.9. The third kappa shape index (κ3) is 5.47. The second-order valence-electron chi connectivity index (χ2n) is 5.68. The van der Waals surface area contributed by atoms with Crippen LogP contribution in [0.1, 0.15) is 39.5 Å². The molecule has 5 nitrogen and oxygen atoms in total. The average molecular weight is 272 g/mol. The fourth-order valence-corrected chi connectivity index (χ4v) is 2.52. The minimum Gasteiger partial charge on any atom is -0.467 e. The van der Waals surface area contributed by atoms with Gasteiger partial charge in [0.2, 0.25) is 0 Å². The Morgan fingerprint density at radius 1 is 1.53 bits per heavy atom. The lowest BCUT2D eigenvalue weighted by Gasteiger charge is -2.33. The van der Waals surface area contributed by atoms with Gasteiger partial charge in [-0.2, -0.15) is 0 Å². The van der Waals surface area contributed by atoms with E-state index in [-0.39, 0.29) is 6.54 Å². The fourth-order valence-electron chi connectivity index (χ4n) is 2.52. The third-order valence-electron chi connectivity index (χ3n) is 3.83. The van der Waals surface area contributed by atoms with Crippen LogP contribution in [0.3, 0.4) is 0 Å². The van der Waals surface area contributed by atoms with E-state index >= 15 is 0 Å². The molecule has 0 aromatic rings. The molecule has 0 radical (unpaired) electrons. The van der Waals surface area contributed by atoms with Crippen LogP contribution in [0.4, 0.5) is 0 Å². The van der Waals surface area contributed by atoms with Crippen LogP contribution >= 0.6 is 0 Å². The van der Waals surface area contributed by atoms with Crippen molar-refractivity contribution < 1.29 is 14.6 Å². The lowest BCUT2D eigenvalue weighted by atomic mass is 10.0. The van der Waals surface area contributed by atoms with E-state index in [1.807, 2.05) is 0 Å². The number of likely N-dealkylation sites (tertiary alicyclic amines) is 1. The van der Waals surface area contributed by atoms with Gasteiger partial charge >= 0.3 is 5.97 Å². The van der Waals surface area contributed by atoms with E-state index in [4.69, 9.17) is 0 Å². The molecule has 5 heteroatoms. The zero-order valence-electron chi connectivity index (χ0n) is 12.4. The summed E-state index contributed by atoms with van der Waals surface area (Å²) in [4.78, 5) is 13.8. The van der Waals surface area contributed by atoms with Crippen LogP contribution in [0.2, 0.25) is 0 Å². The summed E-state index contributed by atoms with van der Waals surface area (Å²) in [5.74, 6) is -0.593. The van der Waals surface area contributed by atoms with Crippen molar-refractivity contribution in [1.82, 2.24) is 10.2 Å². The van der Waals surface area contributed by atoms with Crippen LogP contribution in [0.15, 0.2) is 0 Å². The van der Waals surface area contributed by atoms with Gasteiger partial charge in [0.25, 0.3) is 0 Å².